The molecule has 168 valence electrons. The summed E-state index contributed by atoms with van der Waals surface area (Å²) in [5.41, 5.74) is 0.949. The van der Waals surface area contributed by atoms with Gasteiger partial charge in [-0.1, -0.05) is 30.3 Å². The van der Waals surface area contributed by atoms with Gasteiger partial charge in [-0.05, 0) is 81.6 Å². The standard InChI is InChI=1S/C25H34N2O4/c1-17(7-8-18-5-3-2-4-6-18)27-22(28)16-31-23(29)15-26-24(30)25-12-19-9-20(13-25)11-21(10-19)14-25/h2-6,17,19-21H,7-16H2,1H3,(H,26,30)(H,27,28)/t17-,19?,20?,21?,25?/m1/s1. The SMILES string of the molecule is C[C@H](CCc1ccccc1)NC(=O)COC(=O)CNC(=O)C12CC3CC(CC(C3)C1)C2. The zero-order chi connectivity index (χ0) is 21.8. The lowest BCUT2D eigenvalue weighted by Gasteiger charge is -2.55. The molecule has 0 heterocycles. The van der Waals surface area contributed by atoms with Crippen molar-refractivity contribution in [3.05, 3.63) is 35.9 Å². The van der Waals surface area contributed by atoms with E-state index in [9.17, 15) is 14.4 Å². The van der Waals surface area contributed by atoms with Crippen LogP contribution in [0.2, 0.25) is 0 Å². The van der Waals surface area contributed by atoms with Gasteiger partial charge in [0.05, 0.1) is 0 Å². The molecule has 0 spiro atoms. The monoisotopic (exact) mass is 426 g/mol. The zero-order valence-corrected chi connectivity index (χ0v) is 18.4. The Kier molecular flexibility index (Phi) is 6.63. The molecule has 4 aliphatic carbocycles. The third kappa shape index (κ3) is 5.46. The van der Waals surface area contributed by atoms with Crippen LogP contribution in [0.3, 0.4) is 0 Å². The van der Waals surface area contributed by atoms with Crippen LogP contribution in [-0.4, -0.2) is 37.0 Å². The first-order chi connectivity index (χ1) is 14.9. The normalized spacial score (nSPS) is 29.3. The molecule has 4 fully saturated rings. The predicted octanol–water partition coefficient (Wildman–Crippen LogP) is 3.00. The van der Waals surface area contributed by atoms with Gasteiger partial charge in [0.15, 0.2) is 6.61 Å². The number of amides is 2. The third-order valence-corrected chi connectivity index (χ3v) is 7.39. The molecule has 1 aromatic carbocycles. The van der Waals surface area contributed by atoms with Crippen molar-refractivity contribution >= 4 is 17.8 Å². The van der Waals surface area contributed by atoms with Crippen molar-refractivity contribution in [3.63, 3.8) is 0 Å². The minimum absolute atomic E-state index is 0.00235. The van der Waals surface area contributed by atoms with Gasteiger partial charge in [0.25, 0.3) is 5.91 Å². The molecule has 0 radical (unpaired) electrons. The van der Waals surface area contributed by atoms with Gasteiger partial charge < -0.3 is 15.4 Å². The molecule has 1 atom stereocenters. The maximum Gasteiger partial charge on any atom is 0.325 e. The van der Waals surface area contributed by atoms with Gasteiger partial charge in [0.2, 0.25) is 5.91 Å². The van der Waals surface area contributed by atoms with Crippen molar-refractivity contribution in [3.8, 4) is 0 Å². The summed E-state index contributed by atoms with van der Waals surface area (Å²) in [6.45, 7) is 1.45. The van der Waals surface area contributed by atoms with E-state index in [-0.39, 0.29) is 36.4 Å². The maximum absolute atomic E-state index is 12.9. The molecule has 4 saturated carbocycles. The number of hydrogen-bond acceptors (Lipinski definition) is 4. The molecule has 0 saturated heterocycles. The van der Waals surface area contributed by atoms with Crippen LogP contribution >= 0.6 is 0 Å². The van der Waals surface area contributed by atoms with Crippen molar-refractivity contribution in [2.45, 2.75) is 64.3 Å². The van der Waals surface area contributed by atoms with E-state index in [2.05, 4.69) is 22.8 Å². The molecule has 6 nitrogen and oxygen atoms in total. The fraction of sp³-hybridized carbons (Fsp3) is 0.640. The average molecular weight is 427 g/mol. The van der Waals surface area contributed by atoms with Gasteiger partial charge in [-0.2, -0.15) is 0 Å². The highest BCUT2D eigenvalue weighted by Crippen LogP contribution is 2.60. The maximum atomic E-state index is 12.9. The molecule has 2 N–H and O–H groups in total. The molecular weight excluding hydrogens is 392 g/mol. The van der Waals surface area contributed by atoms with E-state index in [0.717, 1.165) is 32.1 Å². The number of carbonyl (C=O) groups is 3. The topological polar surface area (TPSA) is 84.5 Å². The summed E-state index contributed by atoms with van der Waals surface area (Å²) in [7, 11) is 0. The predicted molar refractivity (Wildman–Crippen MR) is 117 cm³/mol. The Bertz CT molecular complexity index is 772. The summed E-state index contributed by atoms with van der Waals surface area (Å²) in [4.78, 5) is 37.0. The van der Waals surface area contributed by atoms with Gasteiger partial charge in [-0.25, -0.2) is 0 Å². The van der Waals surface area contributed by atoms with E-state index >= 15 is 0 Å². The Hall–Kier alpha value is -2.37. The molecular formula is C25H34N2O4. The number of benzene rings is 1. The van der Waals surface area contributed by atoms with Crippen LogP contribution in [0.4, 0.5) is 0 Å². The average Bonchev–Trinajstić information content (AvgIpc) is 2.74. The Labute approximate surface area is 184 Å². The molecule has 0 unspecified atom stereocenters. The fourth-order valence-corrected chi connectivity index (χ4v) is 6.34. The molecule has 4 aliphatic rings. The van der Waals surface area contributed by atoms with Crippen LogP contribution in [0, 0.1) is 23.2 Å². The second kappa shape index (κ2) is 9.41. The highest BCUT2D eigenvalue weighted by Gasteiger charge is 2.54. The lowest BCUT2D eigenvalue weighted by molar-refractivity contribution is -0.152. The Morgan fingerprint density at radius 2 is 1.65 bits per heavy atom. The second-order valence-electron chi connectivity index (χ2n) is 10.0. The van der Waals surface area contributed by atoms with Crippen molar-refractivity contribution in [2.75, 3.05) is 13.2 Å². The molecule has 2 amide bonds. The van der Waals surface area contributed by atoms with Crippen molar-refractivity contribution in [2.24, 2.45) is 23.2 Å². The van der Waals surface area contributed by atoms with Crippen molar-refractivity contribution in [1.29, 1.82) is 0 Å². The molecule has 0 aromatic heterocycles. The van der Waals surface area contributed by atoms with E-state index in [1.165, 1.54) is 24.8 Å². The van der Waals surface area contributed by atoms with Crippen LogP contribution in [-0.2, 0) is 25.5 Å². The van der Waals surface area contributed by atoms with Crippen molar-refractivity contribution < 1.29 is 19.1 Å². The fourth-order valence-electron chi connectivity index (χ4n) is 6.34. The lowest BCUT2D eigenvalue weighted by atomic mass is 9.49. The van der Waals surface area contributed by atoms with Crippen LogP contribution in [0.5, 0.6) is 0 Å². The highest BCUT2D eigenvalue weighted by molar-refractivity contribution is 5.87. The molecule has 1 aromatic rings. The number of aryl methyl sites for hydroxylation is 1. The number of esters is 1. The summed E-state index contributed by atoms with van der Waals surface area (Å²) in [6, 6.07) is 10.1. The van der Waals surface area contributed by atoms with Gasteiger partial charge in [0, 0.05) is 11.5 Å². The summed E-state index contributed by atoms with van der Waals surface area (Å²) >= 11 is 0. The Morgan fingerprint density at radius 3 is 2.26 bits per heavy atom. The van der Waals surface area contributed by atoms with E-state index in [4.69, 9.17) is 4.74 Å². The van der Waals surface area contributed by atoms with Crippen LogP contribution in [0.15, 0.2) is 30.3 Å². The van der Waals surface area contributed by atoms with Crippen LogP contribution in [0.25, 0.3) is 0 Å². The smallest absolute Gasteiger partial charge is 0.325 e. The molecule has 31 heavy (non-hydrogen) atoms. The third-order valence-electron chi connectivity index (χ3n) is 7.39. The van der Waals surface area contributed by atoms with Gasteiger partial charge in [-0.3, -0.25) is 14.4 Å². The number of hydrogen-bond donors (Lipinski definition) is 2. The number of nitrogens with one attached hydrogen (secondary N) is 2. The minimum Gasteiger partial charge on any atom is -0.454 e. The first-order valence-corrected chi connectivity index (χ1v) is 11.7. The number of ether oxygens (including phenoxy) is 1. The molecule has 6 heteroatoms. The number of carbonyl (C=O) groups excluding carboxylic acids is 3. The quantitative estimate of drug-likeness (QED) is 0.595. The van der Waals surface area contributed by atoms with Gasteiger partial charge in [0.1, 0.15) is 6.54 Å². The van der Waals surface area contributed by atoms with E-state index < -0.39 is 5.97 Å². The van der Waals surface area contributed by atoms with E-state index in [0.29, 0.717) is 17.8 Å². The Balaban J connectivity index is 1.13. The van der Waals surface area contributed by atoms with Gasteiger partial charge >= 0.3 is 5.97 Å². The second-order valence-corrected chi connectivity index (χ2v) is 10.0. The lowest BCUT2D eigenvalue weighted by Crippen LogP contribution is -2.54. The summed E-state index contributed by atoms with van der Waals surface area (Å²) in [5, 5.41) is 5.65. The number of rotatable bonds is 9. The first kappa shape index (κ1) is 21.8. The van der Waals surface area contributed by atoms with Crippen LogP contribution < -0.4 is 10.6 Å². The van der Waals surface area contributed by atoms with Crippen LogP contribution in [0.1, 0.15) is 57.4 Å². The Morgan fingerprint density at radius 1 is 1.03 bits per heavy atom. The molecule has 0 aliphatic heterocycles. The highest BCUT2D eigenvalue weighted by atomic mass is 16.5. The molecule has 4 bridgehead atoms. The van der Waals surface area contributed by atoms with E-state index in [1.807, 2.05) is 25.1 Å². The molecule has 5 rings (SSSR count). The summed E-state index contributed by atoms with van der Waals surface area (Å²) in [6.07, 6.45) is 8.38. The first-order valence-electron chi connectivity index (χ1n) is 11.7. The van der Waals surface area contributed by atoms with E-state index in [1.54, 1.807) is 0 Å². The summed E-state index contributed by atoms with van der Waals surface area (Å²) in [5.74, 6) is 1.15. The van der Waals surface area contributed by atoms with Crippen molar-refractivity contribution in [1.82, 2.24) is 10.6 Å². The largest absolute Gasteiger partial charge is 0.454 e. The minimum atomic E-state index is -0.565. The van der Waals surface area contributed by atoms with Gasteiger partial charge in [-0.15, -0.1) is 0 Å². The summed E-state index contributed by atoms with van der Waals surface area (Å²) < 4.78 is 5.07. The zero-order valence-electron chi connectivity index (χ0n) is 18.4.